The van der Waals surface area contributed by atoms with Crippen LogP contribution in [0.25, 0.3) is 21.8 Å². The van der Waals surface area contributed by atoms with E-state index >= 15 is 0 Å². The fraction of sp³-hybridized carbons (Fsp3) is 0.136. The van der Waals surface area contributed by atoms with Crippen molar-refractivity contribution >= 4 is 17.3 Å². The van der Waals surface area contributed by atoms with Crippen molar-refractivity contribution in [3.05, 3.63) is 71.2 Å². The third kappa shape index (κ3) is 4.56. The van der Waals surface area contributed by atoms with Crippen molar-refractivity contribution in [2.45, 2.75) is 6.61 Å². The highest BCUT2D eigenvalue weighted by atomic mass is 32.1. The summed E-state index contributed by atoms with van der Waals surface area (Å²) in [4.78, 5) is 17.9. The maximum Gasteiger partial charge on any atom is 0.348 e. The number of benzene rings is 2. The van der Waals surface area contributed by atoms with E-state index in [1.807, 2.05) is 0 Å². The number of aromatic nitrogens is 2. The van der Waals surface area contributed by atoms with Crippen molar-refractivity contribution < 1.29 is 27.9 Å². The van der Waals surface area contributed by atoms with Gasteiger partial charge in [0.1, 0.15) is 22.2 Å². The first-order chi connectivity index (χ1) is 15.1. The van der Waals surface area contributed by atoms with Gasteiger partial charge in [-0.3, -0.25) is 0 Å². The Morgan fingerprint density at radius 3 is 2.61 bits per heavy atom. The lowest BCUT2D eigenvalue weighted by Gasteiger charge is -2.07. The maximum absolute atomic E-state index is 13.1. The molecule has 31 heavy (non-hydrogen) atoms. The molecular formula is C22H17FN2O5S. The van der Waals surface area contributed by atoms with Crippen LogP contribution in [0.15, 0.2) is 59.1 Å². The molecule has 0 aliphatic heterocycles. The van der Waals surface area contributed by atoms with Gasteiger partial charge >= 0.3 is 5.97 Å². The number of nitrogens with zero attached hydrogens (tertiary/aromatic N) is 2. The molecule has 4 rings (SSSR count). The first-order valence-electron chi connectivity index (χ1n) is 9.15. The van der Waals surface area contributed by atoms with Crippen molar-refractivity contribution in [2.75, 3.05) is 14.2 Å². The van der Waals surface area contributed by atoms with E-state index in [2.05, 4.69) is 10.1 Å². The summed E-state index contributed by atoms with van der Waals surface area (Å²) in [6, 6.07) is 14.7. The van der Waals surface area contributed by atoms with Crippen LogP contribution in [0, 0.1) is 5.82 Å². The van der Waals surface area contributed by atoms with Crippen LogP contribution in [0.2, 0.25) is 0 Å². The molecule has 0 aliphatic rings. The van der Waals surface area contributed by atoms with Gasteiger partial charge in [-0.2, -0.15) is 4.98 Å². The molecule has 9 heteroatoms. The molecule has 0 radical (unpaired) electrons. The van der Waals surface area contributed by atoms with Crippen LogP contribution in [-0.4, -0.2) is 30.3 Å². The molecule has 0 saturated heterocycles. The number of hydrogen-bond donors (Lipinski definition) is 0. The summed E-state index contributed by atoms with van der Waals surface area (Å²) in [6.07, 6.45) is 0. The average Bonchev–Trinajstić information content (AvgIpc) is 3.48. The maximum atomic E-state index is 13.1. The number of esters is 1. The average molecular weight is 440 g/mol. The Morgan fingerprint density at radius 1 is 1.06 bits per heavy atom. The molecule has 0 atom stereocenters. The molecule has 4 aromatic rings. The third-order valence-electron chi connectivity index (χ3n) is 4.38. The SMILES string of the molecule is COc1ccc(-c2noc(COC(=O)c3ccc(-c4ccc(F)cc4)s3)n2)c(OC)c1. The molecule has 0 unspecified atom stereocenters. The zero-order chi connectivity index (χ0) is 21.8. The van der Waals surface area contributed by atoms with Crippen LogP contribution in [0.1, 0.15) is 15.6 Å². The second-order valence-corrected chi connectivity index (χ2v) is 7.41. The van der Waals surface area contributed by atoms with Crippen molar-refractivity contribution in [2.24, 2.45) is 0 Å². The van der Waals surface area contributed by atoms with Crippen molar-refractivity contribution in [3.8, 4) is 33.3 Å². The van der Waals surface area contributed by atoms with Gasteiger partial charge in [0.15, 0.2) is 6.61 Å². The highest BCUT2D eigenvalue weighted by Crippen LogP contribution is 2.32. The van der Waals surface area contributed by atoms with E-state index in [9.17, 15) is 9.18 Å². The number of halogens is 1. The minimum atomic E-state index is -0.514. The number of carbonyl (C=O) groups excluding carboxylic acids is 1. The summed E-state index contributed by atoms with van der Waals surface area (Å²) < 4.78 is 34.1. The van der Waals surface area contributed by atoms with Gasteiger partial charge in [0.2, 0.25) is 5.82 Å². The Kier molecular flexibility index (Phi) is 5.94. The zero-order valence-electron chi connectivity index (χ0n) is 16.6. The first-order valence-corrected chi connectivity index (χ1v) is 9.97. The van der Waals surface area contributed by atoms with Crippen molar-refractivity contribution in [3.63, 3.8) is 0 Å². The number of rotatable bonds is 7. The minimum Gasteiger partial charge on any atom is -0.497 e. The summed E-state index contributed by atoms with van der Waals surface area (Å²) in [5.41, 5.74) is 1.44. The highest BCUT2D eigenvalue weighted by molar-refractivity contribution is 7.17. The number of carbonyl (C=O) groups is 1. The van der Waals surface area contributed by atoms with Crippen LogP contribution in [0.3, 0.4) is 0 Å². The van der Waals surface area contributed by atoms with E-state index in [0.29, 0.717) is 27.8 Å². The van der Waals surface area contributed by atoms with Gasteiger partial charge in [0.05, 0.1) is 19.8 Å². The Morgan fingerprint density at radius 2 is 1.87 bits per heavy atom. The molecule has 0 N–H and O–H groups in total. The third-order valence-corrected chi connectivity index (χ3v) is 5.49. The van der Waals surface area contributed by atoms with Crippen LogP contribution < -0.4 is 9.47 Å². The number of methoxy groups -OCH3 is 2. The van der Waals surface area contributed by atoms with Crippen LogP contribution >= 0.6 is 11.3 Å². The fourth-order valence-corrected chi connectivity index (χ4v) is 3.73. The van der Waals surface area contributed by atoms with Crippen molar-refractivity contribution in [1.29, 1.82) is 0 Å². The van der Waals surface area contributed by atoms with Crippen LogP contribution in [0.5, 0.6) is 11.5 Å². The normalized spacial score (nSPS) is 10.7. The van der Waals surface area contributed by atoms with E-state index in [4.69, 9.17) is 18.7 Å². The van der Waals surface area contributed by atoms with E-state index in [1.165, 1.54) is 30.6 Å². The largest absolute Gasteiger partial charge is 0.497 e. The molecule has 2 aromatic heterocycles. The number of thiophene rings is 1. The quantitative estimate of drug-likeness (QED) is 0.375. The van der Waals surface area contributed by atoms with Gasteiger partial charge in [-0.15, -0.1) is 11.3 Å². The van der Waals surface area contributed by atoms with Gasteiger partial charge in [-0.05, 0) is 42.0 Å². The summed E-state index contributed by atoms with van der Waals surface area (Å²) >= 11 is 1.25. The number of hydrogen-bond acceptors (Lipinski definition) is 8. The monoisotopic (exact) mass is 440 g/mol. The van der Waals surface area contributed by atoms with Gasteiger partial charge in [-0.1, -0.05) is 17.3 Å². The molecule has 0 fully saturated rings. The second kappa shape index (κ2) is 8.97. The smallest absolute Gasteiger partial charge is 0.348 e. The standard InChI is InChI=1S/C22H17FN2O5S/c1-27-15-7-8-16(17(11-15)28-2)21-24-20(30-25-21)12-29-22(26)19-10-9-18(31-19)13-3-5-14(23)6-4-13/h3-11H,12H2,1-2H3. The van der Waals surface area contributed by atoms with Gasteiger partial charge in [-0.25, -0.2) is 9.18 Å². The van der Waals surface area contributed by atoms with E-state index in [-0.39, 0.29) is 18.3 Å². The summed E-state index contributed by atoms with van der Waals surface area (Å²) in [7, 11) is 3.09. The van der Waals surface area contributed by atoms with Crippen molar-refractivity contribution in [1.82, 2.24) is 10.1 Å². The summed E-state index contributed by atoms with van der Waals surface area (Å²) in [5, 5.41) is 3.93. The molecular weight excluding hydrogens is 423 g/mol. The second-order valence-electron chi connectivity index (χ2n) is 6.32. The molecule has 0 bridgehead atoms. The van der Waals surface area contributed by atoms with Gasteiger partial charge in [0, 0.05) is 10.9 Å². The highest BCUT2D eigenvalue weighted by Gasteiger charge is 2.17. The summed E-state index contributed by atoms with van der Waals surface area (Å²) in [6.45, 7) is -0.173. The predicted molar refractivity (Wildman–Crippen MR) is 112 cm³/mol. The number of ether oxygens (including phenoxy) is 3. The Labute approximate surface area is 181 Å². The lowest BCUT2D eigenvalue weighted by atomic mass is 10.2. The minimum absolute atomic E-state index is 0.150. The summed E-state index contributed by atoms with van der Waals surface area (Å²) in [5.74, 6) is 0.785. The van der Waals surface area contributed by atoms with E-state index < -0.39 is 5.97 Å². The zero-order valence-corrected chi connectivity index (χ0v) is 17.4. The molecule has 158 valence electrons. The van der Waals surface area contributed by atoms with E-state index in [0.717, 1.165) is 10.4 Å². The van der Waals surface area contributed by atoms with Crippen LogP contribution in [0.4, 0.5) is 4.39 Å². The molecule has 2 aromatic carbocycles. The fourth-order valence-electron chi connectivity index (χ4n) is 2.82. The lowest BCUT2D eigenvalue weighted by Crippen LogP contribution is -2.03. The van der Waals surface area contributed by atoms with Gasteiger partial charge < -0.3 is 18.7 Å². The molecule has 2 heterocycles. The predicted octanol–water partition coefficient (Wildman–Crippen LogP) is 4.98. The Balaban J connectivity index is 1.42. The Bertz CT molecular complexity index is 1200. The lowest BCUT2D eigenvalue weighted by molar-refractivity contribution is 0.0435. The van der Waals surface area contributed by atoms with Crippen LogP contribution in [-0.2, 0) is 11.3 Å². The molecule has 0 amide bonds. The molecule has 0 spiro atoms. The topological polar surface area (TPSA) is 83.7 Å². The first kappa shape index (κ1) is 20.5. The molecule has 0 aliphatic carbocycles. The van der Waals surface area contributed by atoms with E-state index in [1.54, 1.807) is 49.6 Å². The molecule has 7 nitrogen and oxygen atoms in total. The molecule has 0 saturated carbocycles. The Hall–Kier alpha value is -3.72. The van der Waals surface area contributed by atoms with Gasteiger partial charge in [0.25, 0.3) is 5.89 Å².